The zero-order valence-corrected chi connectivity index (χ0v) is 6.79. The molecular weight excluding hydrogens is 130 g/mol. The van der Waals surface area contributed by atoms with E-state index < -0.39 is 0 Å². The molecule has 2 heteroatoms. The van der Waals surface area contributed by atoms with E-state index in [1.807, 2.05) is 11.8 Å². The number of hydrogen-bond donors (Lipinski definition) is 1. The van der Waals surface area contributed by atoms with Gasteiger partial charge in [0.25, 0.3) is 0 Å². The molecule has 0 bridgehead atoms. The van der Waals surface area contributed by atoms with Crippen LogP contribution in [0.2, 0.25) is 0 Å². The van der Waals surface area contributed by atoms with E-state index in [-0.39, 0.29) is 0 Å². The van der Waals surface area contributed by atoms with Crippen molar-refractivity contribution in [3.05, 3.63) is 0 Å². The van der Waals surface area contributed by atoms with Crippen LogP contribution < -0.4 is 5.73 Å². The quantitative estimate of drug-likeness (QED) is 0.607. The first-order chi connectivity index (χ1) is 4.33. The van der Waals surface area contributed by atoms with Gasteiger partial charge in [0, 0.05) is 11.3 Å². The van der Waals surface area contributed by atoms with Gasteiger partial charge in [-0.3, -0.25) is 0 Å². The minimum absolute atomic E-state index is 0.496. The van der Waals surface area contributed by atoms with Crippen LogP contribution in [-0.2, 0) is 0 Å². The van der Waals surface area contributed by atoms with E-state index in [0.717, 1.165) is 5.25 Å². The molecule has 1 aliphatic carbocycles. The lowest BCUT2D eigenvalue weighted by Crippen LogP contribution is -2.28. The summed E-state index contributed by atoms with van der Waals surface area (Å²) in [4.78, 5) is 0. The van der Waals surface area contributed by atoms with Crippen molar-refractivity contribution in [2.24, 2.45) is 5.73 Å². The molecule has 2 N–H and O–H groups in total. The Balaban J connectivity index is 2.23. The zero-order valence-electron chi connectivity index (χ0n) is 5.97. The average molecular weight is 145 g/mol. The predicted octanol–water partition coefficient (Wildman–Crippen LogP) is 1.62. The van der Waals surface area contributed by atoms with E-state index >= 15 is 0 Å². The topological polar surface area (TPSA) is 26.0 Å². The molecule has 0 spiro atoms. The smallest absolute Gasteiger partial charge is 0.00590 e. The fourth-order valence-corrected chi connectivity index (χ4v) is 2.24. The molecule has 0 heterocycles. The van der Waals surface area contributed by atoms with Crippen LogP contribution in [0.4, 0.5) is 0 Å². The molecule has 9 heavy (non-hydrogen) atoms. The van der Waals surface area contributed by atoms with E-state index in [2.05, 4.69) is 6.26 Å². The van der Waals surface area contributed by atoms with Gasteiger partial charge in [-0.25, -0.2) is 0 Å². The minimum Gasteiger partial charge on any atom is -0.328 e. The van der Waals surface area contributed by atoms with Gasteiger partial charge >= 0.3 is 0 Å². The first-order valence-corrected chi connectivity index (χ1v) is 4.90. The lowest BCUT2D eigenvalue weighted by molar-refractivity contribution is 0.452. The second-order valence-corrected chi connectivity index (χ2v) is 3.92. The molecule has 0 unspecified atom stereocenters. The zero-order chi connectivity index (χ0) is 6.69. The molecule has 0 radical (unpaired) electrons. The summed E-state index contributed by atoms with van der Waals surface area (Å²) < 4.78 is 0. The highest BCUT2D eigenvalue weighted by Gasteiger charge is 2.17. The molecule has 0 aliphatic heterocycles. The van der Waals surface area contributed by atoms with Crippen LogP contribution in [0.3, 0.4) is 0 Å². The Bertz CT molecular complexity index is 85.0. The Morgan fingerprint density at radius 1 is 1.44 bits per heavy atom. The average Bonchev–Trinajstić information content (AvgIpc) is 1.88. The largest absolute Gasteiger partial charge is 0.328 e. The fraction of sp³-hybridized carbons (Fsp3) is 1.00. The first-order valence-electron chi connectivity index (χ1n) is 3.61. The maximum absolute atomic E-state index is 5.79. The van der Waals surface area contributed by atoms with Gasteiger partial charge in [0.2, 0.25) is 0 Å². The number of hydrogen-bond acceptors (Lipinski definition) is 2. The van der Waals surface area contributed by atoms with E-state index in [4.69, 9.17) is 5.73 Å². The van der Waals surface area contributed by atoms with Crippen molar-refractivity contribution in [3.63, 3.8) is 0 Å². The van der Waals surface area contributed by atoms with E-state index in [1.54, 1.807) is 0 Å². The lowest BCUT2D eigenvalue weighted by atomic mass is 9.96. The summed E-state index contributed by atoms with van der Waals surface area (Å²) in [6.45, 7) is 0. The number of rotatable bonds is 1. The Hall–Kier alpha value is 0.310. The van der Waals surface area contributed by atoms with Crippen LogP contribution in [0.1, 0.15) is 25.7 Å². The maximum atomic E-state index is 5.79. The molecule has 0 aromatic carbocycles. The molecule has 0 aromatic rings. The molecule has 0 amide bonds. The second-order valence-electron chi connectivity index (χ2n) is 2.78. The molecule has 1 fully saturated rings. The van der Waals surface area contributed by atoms with Crippen molar-refractivity contribution in [3.8, 4) is 0 Å². The van der Waals surface area contributed by atoms with Gasteiger partial charge in [0.15, 0.2) is 0 Å². The molecular formula is C7H15NS. The minimum atomic E-state index is 0.496. The van der Waals surface area contributed by atoms with Crippen molar-refractivity contribution >= 4 is 11.8 Å². The van der Waals surface area contributed by atoms with Crippen LogP contribution in [0, 0.1) is 0 Å². The highest BCUT2D eigenvalue weighted by atomic mass is 32.2. The normalized spacial score (nSPS) is 36.7. The number of thioether (sulfide) groups is 1. The SMILES string of the molecule is CS[C@H]1CCC[C@H](N)C1. The van der Waals surface area contributed by atoms with Crippen LogP contribution in [0.15, 0.2) is 0 Å². The van der Waals surface area contributed by atoms with Gasteiger partial charge in [-0.15, -0.1) is 0 Å². The van der Waals surface area contributed by atoms with Crippen molar-refractivity contribution in [2.45, 2.75) is 37.0 Å². The molecule has 1 rings (SSSR count). The first kappa shape index (κ1) is 7.42. The standard InChI is InChI=1S/C7H15NS/c1-9-7-4-2-3-6(8)5-7/h6-7H,2-5,8H2,1H3/t6-,7-/m0/s1. The van der Waals surface area contributed by atoms with Crippen molar-refractivity contribution in [1.82, 2.24) is 0 Å². The highest BCUT2D eigenvalue weighted by Crippen LogP contribution is 2.25. The van der Waals surface area contributed by atoms with Gasteiger partial charge in [-0.05, 0) is 25.5 Å². The van der Waals surface area contributed by atoms with Crippen LogP contribution in [0.5, 0.6) is 0 Å². The molecule has 1 nitrogen and oxygen atoms in total. The van der Waals surface area contributed by atoms with Crippen molar-refractivity contribution in [2.75, 3.05) is 6.26 Å². The van der Waals surface area contributed by atoms with Gasteiger partial charge < -0.3 is 5.73 Å². The summed E-state index contributed by atoms with van der Waals surface area (Å²) >= 11 is 1.97. The van der Waals surface area contributed by atoms with Crippen LogP contribution >= 0.6 is 11.8 Å². The van der Waals surface area contributed by atoms with Gasteiger partial charge in [0.1, 0.15) is 0 Å². The molecule has 0 aromatic heterocycles. The highest BCUT2D eigenvalue weighted by molar-refractivity contribution is 7.99. The third-order valence-corrected chi connectivity index (χ3v) is 3.09. The van der Waals surface area contributed by atoms with Gasteiger partial charge in [-0.1, -0.05) is 6.42 Å². The molecule has 0 saturated heterocycles. The van der Waals surface area contributed by atoms with Crippen LogP contribution in [0.25, 0.3) is 0 Å². The summed E-state index contributed by atoms with van der Waals surface area (Å²) in [7, 11) is 0. The molecule has 1 aliphatic rings. The molecule has 1 saturated carbocycles. The Labute approximate surface area is 61.4 Å². The van der Waals surface area contributed by atoms with Crippen molar-refractivity contribution in [1.29, 1.82) is 0 Å². The second kappa shape index (κ2) is 3.47. The van der Waals surface area contributed by atoms with Gasteiger partial charge in [-0.2, -0.15) is 11.8 Å². The van der Waals surface area contributed by atoms with E-state index in [1.165, 1.54) is 25.7 Å². The third-order valence-electron chi connectivity index (χ3n) is 2.00. The fourth-order valence-electron chi connectivity index (χ4n) is 1.40. The Morgan fingerprint density at radius 3 is 2.67 bits per heavy atom. The maximum Gasteiger partial charge on any atom is 0.00590 e. The summed E-state index contributed by atoms with van der Waals surface area (Å²) in [5.41, 5.74) is 5.79. The Morgan fingerprint density at radius 2 is 2.22 bits per heavy atom. The molecule has 2 atom stereocenters. The summed E-state index contributed by atoms with van der Waals surface area (Å²) in [5, 5.41) is 0.855. The summed E-state index contributed by atoms with van der Waals surface area (Å²) in [6, 6.07) is 0.496. The molecule has 54 valence electrons. The van der Waals surface area contributed by atoms with Gasteiger partial charge in [0.05, 0.1) is 0 Å². The van der Waals surface area contributed by atoms with E-state index in [9.17, 15) is 0 Å². The summed E-state index contributed by atoms with van der Waals surface area (Å²) in [5.74, 6) is 0. The third kappa shape index (κ3) is 2.18. The van der Waals surface area contributed by atoms with Crippen LogP contribution in [-0.4, -0.2) is 17.5 Å². The predicted molar refractivity (Wildman–Crippen MR) is 43.7 cm³/mol. The van der Waals surface area contributed by atoms with Crippen molar-refractivity contribution < 1.29 is 0 Å². The number of nitrogens with two attached hydrogens (primary N) is 1. The monoisotopic (exact) mass is 145 g/mol. The summed E-state index contributed by atoms with van der Waals surface area (Å²) in [6.07, 6.45) is 7.39. The Kier molecular flexibility index (Phi) is 2.86. The lowest BCUT2D eigenvalue weighted by Gasteiger charge is -2.24. The van der Waals surface area contributed by atoms with E-state index in [0.29, 0.717) is 6.04 Å².